The first-order chi connectivity index (χ1) is 7.09. The number of thiazole rings is 1. The maximum absolute atomic E-state index is 11.4. The number of hydrogen-bond acceptors (Lipinski definition) is 3. The first kappa shape index (κ1) is 10.3. The third kappa shape index (κ3) is 1.79. The van der Waals surface area contributed by atoms with Gasteiger partial charge in [-0.1, -0.05) is 19.9 Å². The van der Waals surface area contributed by atoms with Gasteiger partial charge in [0.05, 0.1) is 15.2 Å². The highest BCUT2D eigenvalue weighted by atomic mass is 32.1. The summed E-state index contributed by atoms with van der Waals surface area (Å²) >= 11 is 1.63. The van der Waals surface area contributed by atoms with E-state index in [2.05, 4.69) is 18.8 Å². The third-order valence-electron chi connectivity index (χ3n) is 2.30. The van der Waals surface area contributed by atoms with Crippen LogP contribution in [0.4, 0.5) is 0 Å². The molecule has 0 fully saturated rings. The highest BCUT2D eigenvalue weighted by molar-refractivity contribution is 7.19. The first-order valence-corrected chi connectivity index (χ1v) is 5.81. The molecular weight excluding hydrogens is 206 g/mol. The second-order valence-corrected chi connectivity index (χ2v) is 4.95. The lowest BCUT2D eigenvalue weighted by molar-refractivity contribution is 0.101. The Morgan fingerprint density at radius 3 is 2.73 bits per heavy atom. The SMILES string of the molecule is CC(=O)c1cccc2nc(C(C)C)sc12. The maximum atomic E-state index is 11.4. The van der Waals surface area contributed by atoms with Gasteiger partial charge in [0.25, 0.3) is 0 Å². The molecule has 0 saturated carbocycles. The average Bonchev–Trinajstić information content (AvgIpc) is 2.60. The molecular formula is C12H13NOS. The normalized spacial score (nSPS) is 11.2. The van der Waals surface area contributed by atoms with Gasteiger partial charge in [0.15, 0.2) is 5.78 Å². The van der Waals surface area contributed by atoms with Crippen molar-refractivity contribution in [3.05, 3.63) is 28.8 Å². The van der Waals surface area contributed by atoms with Crippen molar-refractivity contribution in [2.75, 3.05) is 0 Å². The van der Waals surface area contributed by atoms with Gasteiger partial charge in [0.1, 0.15) is 0 Å². The van der Waals surface area contributed by atoms with Gasteiger partial charge in [0.2, 0.25) is 0 Å². The summed E-state index contributed by atoms with van der Waals surface area (Å²) in [5.41, 5.74) is 1.73. The van der Waals surface area contributed by atoms with Crippen molar-refractivity contribution in [2.24, 2.45) is 0 Å². The van der Waals surface area contributed by atoms with Crippen LogP contribution in [0.2, 0.25) is 0 Å². The average molecular weight is 219 g/mol. The second-order valence-electron chi connectivity index (χ2n) is 3.92. The topological polar surface area (TPSA) is 30.0 Å². The van der Waals surface area contributed by atoms with Crippen LogP contribution in [0.5, 0.6) is 0 Å². The Bertz CT molecular complexity index is 513. The lowest BCUT2D eigenvalue weighted by Crippen LogP contribution is -1.90. The fraction of sp³-hybridized carbons (Fsp3) is 0.333. The molecule has 0 unspecified atom stereocenters. The monoisotopic (exact) mass is 219 g/mol. The molecule has 0 N–H and O–H groups in total. The quantitative estimate of drug-likeness (QED) is 0.722. The zero-order valence-electron chi connectivity index (χ0n) is 9.07. The van der Waals surface area contributed by atoms with E-state index >= 15 is 0 Å². The number of hydrogen-bond donors (Lipinski definition) is 0. The van der Waals surface area contributed by atoms with Crippen LogP contribution in [0.1, 0.15) is 42.1 Å². The Hall–Kier alpha value is -1.22. The van der Waals surface area contributed by atoms with Crippen molar-refractivity contribution >= 4 is 27.3 Å². The van der Waals surface area contributed by atoms with Crippen molar-refractivity contribution in [3.8, 4) is 0 Å². The minimum absolute atomic E-state index is 0.111. The molecule has 15 heavy (non-hydrogen) atoms. The maximum Gasteiger partial charge on any atom is 0.161 e. The van der Waals surface area contributed by atoms with Crippen LogP contribution in [0.3, 0.4) is 0 Å². The molecule has 0 aliphatic heterocycles. The van der Waals surface area contributed by atoms with Crippen molar-refractivity contribution in [1.82, 2.24) is 4.98 Å². The number of carbonyl (C=O) groups is 1. The zero-order chi connectivity index (χ0) is 11.0. The molecule has 0 amide bonds. The molecule has 0 atom stereocenters. The van der Waals surface area contributed by atoms with Gasteiger partial charge in [-0.3, -0.25) is 4.79 Å². The van der Waals surface area contributed by atoms with E-state index in [1.54, 1.807) is 18.3 Å². The van der Waals surface area contributed by atoms with Crippen molar-refractivity contribution in [1.29, 1.82) is 0 Å². The van der Waals surface area contributed by atoms with Crippen LogP contribution in [-0.4, -0.2) is 10.8 Å². The summed E-state index contributed by atoms with van der Waals surface area (Å²) in [6, 6.07) is 5.72. The molecule has 0 saturated heterocycles. The van der Waals surface area contributed by atoms with E-state index in [1.165, 1.54) is 0 Å². The summed E-state index contributed by atoms with van der Waals surface area (Å²) in [4.78, 5) is 15.9. The Morgan fingerprint density at radius 2 is 2.13 bits per heavy atom. The molecule has 2 rings (SSSR count). The molecule has 3 heteroatoms. The van der Waals surface area contributed by atoms with Gasteiger partial charge in [0, 0.05) is 11.5 Å². The van der Waals surface area contributed by atoms with E-state index in [9.17, 15) is 4.79 Å². The number of Topliss-reactive ketones (excluding diaryl/α,β-unsaturated/α-hetero) is 1. The van der Waals surface area contributed by atoms with Crippen molar-refractivity contribution < 1.29 is 4.79 Å². The van der Waals surface area contributed by atoms with E-state index in [1.807, 2.05) is 18.2 Å². The van der Waals surface area contributed by atoms with Gasteiger partial charge >= 0.3 is 0 Å². The summed E-state index contributed by atoms with van der Waals surface area (Å²) in [7, 11) is 0. The van der Waals surface area contributed by atoms with E-state index in [0.717, 1.165) is 20.8 Å². The molecule has 0 bridgehead atoms. The molecule has 0 aliphatic rings. The van der Waals surface area contributed by atoms with Crippen LogP contribution in [0.25, 0.3) is 10.2 Å². The van der Waals surface area contributed by atoms with Gasteiger partial charge in [-0.05, 0) is 19.1 Å². The lowest BCUT2D eigenvalue weighted by atomic mass is 10.1. The van der Waals surface area contributed by atoms with E-state index < -0.39 is 0 Å². The molecule has 1 aromatic heterocycles. The van der Waals surface area contributed by atoms with Crippen molar-refractivity contribution in [2.45, 2.75) is 26.7 Å². The van der Waals surface area contributed by atoms with Crippen LogP contribution in [0, 0.1) is 0 Å². The smallest absolute Gasteiger partial charge is 0.161 e. The van der Waals surface area contributed by atoms with Gasteiger partial charge < -0.3 is 0 Å². The Balaban J connectivity index is 2.70. The van der Waals surface area contributed by atoms with Crippen molar-refractivity contribution in [3.63, 3.8) is 0 Å². The second kappa shape index (κ2) is 3.74. The summed E-state index contributed by atoms with van der Waals surface area (Å²) in [5, 5.41) is 1.10. The van der Waals surface area contributed by atoms with E-state index in [0.29, 0.717) is 5.92 Å². The molecule has 1 aromatic carbocycles. The summed E-state index contributed by atoms with van der Waals surface area (Å²) in [6.45, 7) is 5.83. The van der Waals surface area contributed by atoms with Gasteiger partial charge in [-0.2, -0.15) is 0 Å². The zero-order valence-corrected chi connectivity index (χ0v) is 9.89. The van der Waals surface area contributed by atoms with Gasteiger partial charge in [-0.25, -0.2) is 4.98 Å². The molecule has 0 spiro atoms. The highest BCUT2D eigenvalue weighted by Crippen LogP contribution is 2.29. The first-order valence-electron chi connectivity index (χ1n) is 5.00. The Labute approximate surface area is 93.0 Å². The molecule has 0 aliphatic carbocycles. The van der Waals surface area contributed by atoms with Crippen LogP contribution in [-0.2, 0) is 0 Å². The number of carbonyl (C=O) groups excluding carboxylic acids is 1. The Morgan fingerprint density at radius 1 is 1.40 bits per heavy atom. The third-order valence-corrected chi connectivity index (χ3v) is 3.71. The predicted molar refractivity (Wildman–Crippen MR) is 63.7 cm³/mol. The lowest BCUT2D eigenvalue weighted by Gasteiger charge is -1.95. The highest BCUT2D eigenvalue weighted by Gasteiger charge is 2.12. The fourth-order valence-corrected chi connectivity index (χ4v) is 2.62. The van der Waals surface area contributed by atoms with Gasteiger partial charge in [-0.15, -0.1) is 11.3 Å². The summed E-state index contributed by atoms with van der Waals surface area (Å²) < 4.78 is 1.02. The van der Waals surface area contributed by atoms with E-state index in [-0.39, 0.29) is 5.78 Å². The van der Waals surface area contributed by atoms with E-state index in [4.69, 9.17) is 0 Å². The largest absolute Gasteiger partial charge is 0.294 e. The fourth-order valence-electron chi connectivity index (χ4n) is 1.49. The standard InChI is InChI=1S/C12H13NOS/c1-7(2)12-13-10-6-4-5-9(8(3)14)11(10)15-12/h4-7H,1-3H3. The number of benzene rings is 1. The molecule has 0 radical (unpaired) electrons. The molecule has 78 valence electrons. The number of fused-ring (bicyclic) bond motifs is 1. The predicted octanol–water partition coefficient (Wildman–Crippen LogP) is 3.62. The summed E-state index contributed by atoms with van der Waals surface area (Å²) in [6.07, 6.45) is 0. The summed E-state index contributed by atoms with van der Waals surface area (Å²) in [5.74, 6) is 0.529. The minimum Gasteiger partial charge on any atom is -0.294 e. The number of aromatic nitrogens is 1. The van der Waals surface area contributed by atoms with Crippen LogP contribution in [0.15, 0.2) is 18.2 Å². The Kier molecular flexibility index (Phi) is 2.57. The molecule has 2 aromatic rings. The molecule has 1 heterocycles. The molecule has 2 nitrogen and oxygen atoms in total. The number of nitrogens with zero attached hydrogens (tertiary/aromatic N) is 1. The number of ketones is 1. The number of rotatable bonds is 2. The minimum atomic E-state index is 0.111. The van der Waals surface area contributed by atoms with Crippen LogP contribution >= 0.6 is 11.3 Å². The van der Waals surface area contributed by atoms with Crippen LogP contribution < -0.4 is 0 Å².